The molecular formula is C22H24N2O4. The van der Waals surface area contributed by atoms with Gasteiger partial charge in [0.15, 0.2) is 0 Å². The van der Waals surface area contributed by atoms with Crippen molar-refractivity contribution in [2.75, 3.05) is 13.7 Å². The zero-order chi connectivity index (χ0) is 19.9. The van der Waals surface area contributed by atoms with E-state index < -0.39 is 6.04 Å². The minimum absolute atomic E-state index is 0.0925. The summed E-state index contributed by atoms with van der Waals surface area (Å²) in [5, 5.41) is 2.96. The van der Waals surface area contributed by atoms with E-state index in [0.717, 1.165) is 18.3 Å². The summed E-state index contributed by atoms with van der Waals surface area (Å²) < 4.78 is 5.27. The highest BCUT2D eigenvalue weighted by Gasteiger charge is 2.30. The lowest BCUT2D eigenvalue weighted by atomic mass is 10.0. The smallest absolute Gasteiger partial charge is 0.255 e. The molecule has 0 saturated carbocycles. The van der Waals surface area contributed by atoms with Crippen LogP contribution in [0.4, 0.5) is 0 Å². The van der Waals surface area contributed by atoms with Crippen LogP contribution in [-0.4, -0.2) is 42.7 Å². The van der Waals surface area contributed by atoms with E-state index in [0.29, 0.717) is 24.3 Å². The molecule has 1 N–H and O–H groups in total. The van der Waals surface area contributed by atoms with Crippen molar-refractivity contribution in [2.45, 2.75) is 31.3 Å². The Hall–Kier alpha value is -3.15. The molecule has 1 fully saturated rings. The molecule has 2 aromatic carbocycles. The van der Waals surface area contributed by atoms with Gasteiger partial charge in [0, 0.05) is 6.54 Å². The summed E-state index contributed by atoms with van der Waals surface area (Å²) in [7, 11) is 1.51. The van der Waals surface area contributed by atoms with Crippen molar-refractivity contribution in [1.29, 1.82) is 0 Å². The first-order valence-electron chi connectivity index (χ1n) is 9.37. The second kappa shape index (κ2) is 9.17. The second-order valence-corrected chi connectivity index (χ2v) is 6.77. The molecule has 1 aliphatic heterocycles. The van der Waals surface area contributed by atoms with Crippen molar-refractivity contribution in [3.63, 3.8) is 0 Å². The SMILES string of the molecule is COc1ccccc1C(=O)N[C@@H](CC(=O)N1CCC[C@H]1C=O)c1ccccc1. The average molecular weight is 380 g/mol. The zero-order valence-corrected chi connectivity index (χ0v) is 15.8. The van der Waals surface area contributed by atoms with Gasteiger partial charge < -0.3 is 19.7 Å². The molecule has 0 aliphatic carbocycles. The van der Waals surface area contributed by atoms with E-state index in [1.807, 2.05) is 30.3 Å². The van der Waals surface area contributed by atoms with Crippen LogP contribution in [0.15, 0.2) is 54.6 Å². The first-order chi connectivity index (χ1) is 13.6. The number of methoxy groups -OCH3 is 1. The number of benzene rings is 2. The normalized spacial score (nSPS) is 17.0. The van der Waals surface area contributed by atoms with Crippen LogP contribution in [0, 0.1) is 0 Å². The van der Waals surface area contributed by atoms with Gasteiger partial charge in [-0.1, -0.05) is 42.5 Å². The van der Waals surface area contributed by atoms with Gasteiger partial charge in [-0.25, -0.2) is 0 Å². The summed E-state index contributed by atoms with van der Waals surface area (Å²) in [5.74, 6) is 0.0231. The van der Waals surface area contributed by atoms with E-state index >= 15 is 0 Å². The van der Waals surface area contributed by atoms with Gasteiger partial charge in [0.05, 0.1) is 31.2 Å². The molecule has 28 heavy (non-hydrogen) atoms. The van der Waals surface area contributed by atoms with E-state index in [4.69, 9.17) is 4.74 Å². The molecular weight excluding hydrogens is 356 g/mol. The summed E-state index contributed by atoms with van der Waals surface area (Å²) in [4.78, 5) is 38.5. The number of ether oxygens (including phenoxy) is 1. The van der Waals surface area contributed by atoms with Crippen LogP contribution in [0.5, 0.6) is 5.75 Å². The molecule has 2 atom stereocenters. The predicted molar refractivity (Wildman–Crippen MR) is 105 cm³/mol. The number of aldehydes is 1. The van der Waals surface area contributed by atoms with Gasteiger partial charge in [0.1, 0.15) is 12.0 Å². The lowest BCUT2D eigenvalue weighted by Crippen LogP contribution is -2.39. The maximum absolute atomic E-state index is 12.9. The van der Waals surface area contributed by atoms with Gasteiger partial charge in [-0.2, -0.15) is 0 Å². The van der Waals surface area contributed by atoms with Crippen LogP contribution in [-0.2, 0) is 9.59 Å². The van der Waals surface area contributed by atoms with Gasteiger partial charge in [0.2, 0.25) is 5.91 Å². The van der Waals surface area contributed by atoms with Crippen molar-refractivity contribution < 1.29 is 19.1 Å². The Morgan fingerprint density at radius 3 is 2.61 bits per heavy atom. The van der Waals surface area contributed by atoms with Crippen LogP contribution < -0.4 is 10.1 Å². The number of carbonyl (C=O) groups excluding carboxylic acids is 3. The summed E-state index contributed by atoms with van der Waals surface area (Å²) in [6.07, 6.45) is 2.43. The second-order valence-electron chi connectivity index (χ2n) is 6.77. The minimum Gasteiger partial charge on any atom is -0.496 e. The number of likely N-dealkylation sites (tertiary alicyclic amines) is 1. The summed E-state index contributed by atoms with van der Waals surface area (Å²) in [5.41, 5.74) is 1.24. The number of nitrogens with zero attached hydrogens (tertiary/aromatic N) is 1. The standard InChI is InChI=1S/C22H24N2O4/c1-28-20-12-6-5-11-18(20)22(27)23-19(16-8-3-2-4-9-16)14-21(26)24-13-7-10-17(24)15-25/h2-6,8-9,11-12,15,17,19H,7,10,13-14H2,1H3,(H,23,27)/t17-,19-/m0/s1. The monoisotopic (exact) mass is 380 g/mol. The maximum Gasteiger partial charge on any atom is 0.255 e. The first kappa shape index (κ1) is 19.6. The van der Waals surface area contributed by atoms with Gasteiger partial charge in [-0.05, 0) is 30.5 Å². The number of amides is 2. The van der Waals surface area contributed by atoms with E-state index in [1.54, 1.807) is 29.2 Å². The van der Waals surface area contributed by atoms with E-state index in [-0.39, 0.29) is 24.3 Å². The Labute approximate surface area is 164 Å². The van der Waals surface area contributed by atoms with Crippen LogP contribution in [0.3, 0.4) is 0 Å². The molecule has 0 spiro atoms. The highest BCUT2D eigenvalue weighted by Crippen LogP contribution is 2.24. The number of hydrogen-bond acceptors (Lipinski definition) is 4. The molecule has 1 aliphatic rings. The van der Waals surface area contributed by atoms with Crippen molar-refractivity contribution >= 4 is 18.1 Å². The number of carbonyl (C=O) groups is 3. The summed E-state index contributed by atoms with van der Waals surface area (Å²) in [6, 6.07) is 15.5. The lowest BCUT2D eigenvalue weighted by Gasteiger charge is -2.25. The van der Waals surface area contributed by atoms with Gasteiger partial charge in [-0.3, -0.25) is 9.59 Å². The third kappa shape index (κ3) is 4.39. The molecule has 6 nitrogen and oxygen atoms in total. The number of para-hydroxylation sites is 1. The minimum atomic E-state index is -0.501. The molecule has 6 heteroatoms. The Morgan fingerprint density at radius 1 is 1.18 bits per heavy atom. The average Bonchev–Trinajstić information content (AvgIpc) is 3.22. The van der Waals surface area contributed by atoms with E-state index in [9.17, 15) is 14.4 Å². The van der Waals surface area contributed by atoms with Gasteiger partial charge in [0.25, 0.3) is 5.91 Å². The highest BCUT2D eigenvalue weighted by atomic mass is 16.5. The molecule has 0 unspecified atom stereocenters. The predicted octanol–water partition coefficient (Wildman–Crippen LogP) is 2.75. The van der Waals surface area contributed by atoms with Crippen molar-refractivity contribution in [2.24, 2.45) is 0 Å². The Balaban J connectivity index is 1.81. The van der Waals surface area contributed by atoms with E-state index in [2.05, 4.69) is 5.32 Å². The highest BCUT2D eigenvalue weighted by molar-refractivity contribution is 5.97. The number of hydrogen-bond donors (Lipinski definition) is 1. The Kier molecular flexibility index (Phi) is 6.42. The van der Waals surface area contributed by atoms with Crippen molar-refractivity contribution in [3.8, 4) is 5.75 Å². The summed E-state index contributed by atoms with van der Waals surface area (Å²) >= 11 is 0. The number of nitrogens with one attached hydrogen (secondary N) is 1. The van der Waals surface area contributed by atoms with Crippen molar-refractivity contribution in [3.05, 3.63) is 65.7 Å². The topological polar surface area (TPSA) is 75.7 Å². The van der Waals surface area contributed by atoms with Crippen LogP contribution >= 0.6 is 0 Å². The molecule has 1 saturated heterocycles. The molecule has 2 aromatic rings. The van der Waals surface area contributed by atoms with Gasteiger partial charge >= 0.3 is 0 Å². The van der Waals surface area contributed by atoms with Crippen LogP contribution in [0.1, 0.15) is 41.2 Å². The quantitative estimate of drug-likeness (QED) is 0.750. The molecule has 0 bridgehead atoms. The molecule has 0 aromatic heterocycles. The van der Waals surface area contributed by atoms with Crippen LogP contribution in [0.25, 0.3) is 0 Å². The fourth-order valence-corrected chi connectivity index (χ4v) is 3.54. The lowest BCUT2D eigenvalue weighted by molar-refractivity contribution is -0.135. The molecule has 1 heterocycles. The molecule has 3 rings (SSSR count). The Bertz CT molecular complexity index is 837. The molecule has 146 valence electrons. The van der Waals surface area contributed by atoms with E-state index in [1.165, 1.54) is 7.11 Å². The third-order valence-electron chi connectivity index (χ3n) is 5.01. The zero-order valence-electron chi connectivity index (χ0n) is 15.8. The van der Waals surface area contributed by atoms with Gasteiger partial charge in [-0.15, -0.1) is 0 Å². The maximum atomic E-state index is 12.9. The number of rotatable bonds is 7. The first-order valence-corrected chi connectivity index (χ1v) is 9.37. The Morgan fingerprint density at radius 2 is 1.89 bits per heavy atom. The fourth-order valence-electron chi connectivity index (χ4n) is 3.54. The van der Waals surface area contributed by atoms with Crippen molar-refractivity contribution in [1.82, 2.24) is 10.2 Å². The summed E-state index contributed by atoms with van der Waals surface area (Å²) in [6.45, 7) is 0.574. The third-order valence-corrected chi connectivity index (χ3v) is 5.01. The van der Waals surface area contributed by atoms with Crippen LogP contribution in [0.2, 0.25) is 0 Å². The molecule has 2 amide bonds. The fraction of sp³-hybridized carbons (Fsp3) is 0.318. The largest absolute Gasteiger partial charge is 0.496 e. The molecule has 0 radical (unpaired) electrons.